The summed E-state index contributed by atoms with van der Waals surface area (Å²) in [6.07, 6.45) is 11.3. The second kappa shape index (κ2) is 7.49. The first-order chi connectivity index (χ1) is 8.81. The maximum atomic E-state index is 3.80. The van der Waals surface area contributed by atoms with Gasteiger partial charge in [-0.3, -0.25) is 0 Å². The molecule has 2 aliphatic rings. The smallest absolute Gasteiger partial charge is 0.0107 e. The number of nitrogens with one attached hydrogen (secondary N) is 1. The molecule has 2 heteroatoms. The topological polar surface area (TPSA) is 15.3 Å². The van der Waals surface area contributed by atoms with Crippen LogP contribution in [0.3, 0.4) is 0 Å². The highest BCUT2D eigenvalue weighted by atomic mass is 15.2. The Balaban J connectivity index is 1.83. The van der Waals surface area contributed by atoms with E-state index in [-0.39, 0.29) is 0 Å². The Morgan fingerprint density at radius 2 is 1.83 bits per heavy atom. The highest BCUT2D eigenvalue weighted by Crippen LogP contribution is 2.27. The molecule has 0 radical (unpaired) electrons. The second-order valence-electron chi connectivity index (χ2n) is 6.44. The summed E-state index contributed by atoms with van der Waals surface area (Å²) in [5, 5.41) is 3.80. The third-order valence-electron chi connectivity index (χ3n) is 4.98. The molecule has 0 bridgehead atoms. The maximum absolute atomic E-state index is 3.80. The van der Waals surface area contributed by atoms with E-state index in [4.69, 9.17) is 0 Å². The van der Waals surface area contributed by atoms with Crippen LogP contribution in [0.1, 0.15) is 65.2 Å². The molecule has 0 aromatic rings. The fourth-order valence-electron chi connectivity index (χ4n) is 3.75. The van der Waals surface area contributed by atoms with Crippen molar-refractivity contribution in [1.29, 1.82) is 0 Å². The number of hydrogen-bond donors (Lipinski definition) is 1. The molecule has 0 spiro atoms. The minimum atomic E-state index is 0.799. The van der Waals surface area contributed by atoms with Gasteiger partial charge in [0.05, 0.1) is 0 Å². The summed E-state index contributed by atoms with van der Waals surface area (Å²) in [5.74, 6) is 0.908. The predicted molar refractivity (Wildman–Crippen MR) is 78.9 cm³/mol. The van der Waals surface area contributed by atoms with Crippen molar-refractivity contribution in [2.75, 3.05) is 19.6 Å². The van der Waals surface area contributed by atoms with Crippen molar-refractivity contribution < 1.29 is 0 Å². The number of rotatable bonds is 5. The molecule has 0 amide bonds. The van der Waals surface area contributed by atoms with Gasteiger partial charge in [-0.25, -0.2) is 0 Å². The van der Waals surface area contributed by atoms with Crippen molar-refractivity contribution in [2.45, 2.75) is 77.3 Å². The van der Waals surface area contributed by atoms with Gasteiger partial charge in [-0.2, -0.15) is 0 Å². The van der Waals surface area contributed by atoms with Crippen LogP contribution in [0.5, 0.6) is 0 Å². The second-order valence-corrected chi connectivity index (χ2v) is 6.44. The first kappa shape index (κ1) is 14.3. The van der Waals surface area contributed by atoms with E-state index in [0.29, 0.717) is 0 Å². The Hall–Kier alpha value is -0.0800. The lowest BCUT2D eigenvalue weighted by Gasteiger charge is -2.40. The van der Waals surface area contributed by atoms with Gasteiger partial charge in [0.25, 0.3) is 0 Å². The minimum Gasteiger partial charge on any atom is -0.314 e. The molecule has 106 valence electrons. The molecule has 18 heavy (non-hydrogen) atoms. The van der Waals surface area contributed by atoms with Crippen LogP contribution in [-0.2, 0) is 0 Å². The largest absolute Gasteiger partial charge is 0.314 e. The summed E-state index contributed by atoms with van der Waals surface area (Å²) in [5.41, 5.74) is 0. The van der Waals surface area contributed by atoms with Gasteiger partial charge in [-0.1, -0.05) is 26.2 Å². The Labute approximate surface area is 114 Å². The average Bonchev–Trinajstić information content (AvgIpc) is 2.40. The Morgan fingerprint density at radius 1 is 1.06 bits per heavy atom. The molecule has 1 aliphatic carbocycles. The van der Waals surface area contributed by atoms with E-state index in [9.17, 15) is 0 Å². The van der Waals surface area contributed by atoms with Gasteiger partial charge < -0.3 is 10.2 Å². The Kier molecular flexibility index (Phi) is 5.97. The summed E-state index contributed by atoms with van der Waals surface area (Å²) >= 11 is 0. The summed E-state index contributed by atoms with van der Waals surface area (Å²) in [6, 6.07) is 1.63. The number of piperidine rings is 1. The summed E-state index contributed by atoms with van der Waals surface area (Å²) in [6.45, 7) is 8.60. The zero-order valence-corrected chi connectivity index (χ0v) is 12.5. The van der Waals surface area contributed by atoms with Crippen LogP contribution in [0.15, 0.2) is 0 Å². The first-order valence-corrected chi connectivity index (χ1v) is 8.28. The molecule has 1 N–H and O–H groups in total. The molecular weight excluding hydrogens is 220 g/mol. The number of likely N-dealkylation sites (tertiary alicyclic amines) is 1. The number of hydrogen-bond acceptors (Lipinski definition) is 2. The van der Waals surface area contributed by atoms with E-state index in [2.05, 4.69) is 24.1 Å². The lowest BCUT2D eigenvalue weighted by Crippen LogP contribution is -2.47. The van der Waals surface area contributed by atoms with Crippen molar-refractivity contribution in [3.8, 4) is 0 Å². The van der Waals surface area contributed by atoms with Gasteiger partial charge in [0, 0.05) is 18.6 Å². The zero-order chi connectivity index (χ0) is 12.8. The Morgan fingerprint density at radius 3 is 2.61 bits per heavy atom. The molecule has 2 rings (SSSR count). The van der Waals surface area contributed by atoms with Gasteiger partial charge >= 0.3 is 0 Å². The molecule has 3 unspecified atom stereocenters. The van der Waals surface area contributed by atoms with E-state index in [1.165, 1.54) is 71.0 Å². The molecule has 2 nitrogen and oxygen atoms in total. The van der Waals surface area contributed by atoms with E-state index < -0.39 is 0 Å². The van der Waals surface area contributed by atoms with Crippen LogP contribution in [0.4, 0.5) is 0 Å². The monoisotopic (exact) mass is 252 g/mol. The van der Waals surface area contributed by atoms with E-state index in [1.807, 2.05) is 0 Å². The minimum absolute atomic E-state index is 0.799. The molecule has 1 saturated carbocycles. The van der Waals surface area contributed by atoms with Gasteiger partial charge in [-0.15, -0.1) is 0 Å². The molecule has 1 aliphatic heterocycles. The van der Waals surface area contributed by atoms with E-state index in [0.717, 1.165) is 18.0 Å². The fourth-order valence-corrected chi connectivity index (χ4v) is 3.75. The van der Waals surface area contributed by atoms with Crippen LogP contribution in [-0.4, -0.2) is 36.6 Å². The third kappa shape index (κ3) is 3.96. The lowest BCUT2D eigenvalue weighted by atomic mass is 9.83. The van der Waals surface area contributed by atoms with Gasteiger partial charge in [0.15, 0.2) is 0 Å². The first-order valence-electron chi connectivity index (χ1n) is 8.28. The predicted octanol–water partition coefficient (Wildman–Crippen LogP) is 3.42. The summed E-state index contributed by atoms with van der Waals surface area (Å²) in [7, 11) is 0. The molecule has 2 fully saturated rings. The van der Waals surface area contributed by atoms with Crippen molar-refractivity contribution in [3.63, 3.8) is 0 Å². The van der Waals surface area contributed by atoms with Crippen LogP contribution in [0.25, 0.3) is 0 Å². The van der Waals surface area contributed by atoms with Crippen LogP contribution in [0.2, 0.25) is 0 Å². The SMILES string of the molecule is CCCNC1CCCCC1CN1CCCCC1C. The average molecular weight is 252 g/mol. The van der Waals surface area contributed by atoms with Crippen molar-refractivity contribution in [3.05, 3.63) is 0 Å². The molecule has 0 aromatic heterocycles. The summed E-state index contributed by atoms with van der Waals surface area (Å²) < 4.78 is 0. The normalized spacial score (nSPS) is 34.7. The van der Waals surface area contributed by atoms with E-state index >= 15 is 0 Å². The number of nitrogens with zero attached hydrogens (tertiary/aromatic N) is 1. The van der Waals surface area contributed by atoms with Gasteiger partial charge in [-0.05, 0) is 58.0 Å². The van der Waals surface area contributed by atoms with Crippen molar-refractivity contribution in [2.24, 2.45) is 5.92 Å². The highest BCUT2D eigenvalue weighted by Gasteiger charge is 2.28. The molecule has 1 saturated heterocycles. The van der Waals surface area contributed by atoms with Crippen LogP contribution in [0, 0.1) is 5.92 Å². The standard InChI is InChI=1S/C16H32N2/c1-3-11-17-16-10-5-4-9-15(16)13-18-12-7-6-8-14(18)2/h14-17H,3-13H2,1-2H3. The van der Waals surface area contributed by atoms with Crippen LogP contribution < -0.4 is 5.32 Å². The van der Waals surface area contributed by atoms with Crippen LogP contribution >= 0.6 is 0 Å². The fraction of sp³-hybridized carbons (Fsp3) is 1.00. The third-order valence-corrected chi connectivity index (χ3v) is 4.98. The molecule has 3 atom stereocenters. The van der Waals surface area contributed by atoms with Crippen molar-refractivity contribution >= 4 is 0 Å². The molecule has 1 heterocycles. The molecular formula is C16H32N2. The lowest BCUT2D eigenvalue weighted by molar-refractivity contribution is 0.107. The quantitative estimate of drug-likeness (QED) is 0.806. The van der Waals surface area contributed by atoms with Gasteiger partial charge in [0.2, 0.25) is 0 Å². The summed E-state index contributed by atoms with van der Waals surface area (Å²) in [4.78, 5) is 2.76. The molecule has 0 aromatic carbocycles. The van der Waals surface area contributed by atoms with Crippen molar-refractivity contribution in [1.82, 2.24) is 10.2 Å². The highest BCUT2D eigenvalue weighted by molar-refractivity contribution is 4.85. The zero-order valence-electron chi connectivity index (χ0n) is 12.5. The van der Waals surface area contributed by atoms with Gasteiger partial charge in [0.1, 0.15) is 0 Å². The Bertz CT molecular complexity index is 229. The maximum Gasteiger partial charge on any atom is 0.0107 e. The van der Waals surface area contributed by atoms with E-state index in [1.54, 1.807) is 0 Å².